The summed E-state index contributed by atoms with van der Waals surface area (Å²) in [5, 5.41) is 7.70. The molecule has 0 saturated carbocycles. The van der Waals surface area contributed by atoms with Gasteiger partial charge in [0.15, 0.2) is 17.3 Å². The van der Waals surface area contributed by atoms with Crippen LogP contribution in [0.25, 0.3) is 0 Å². The number of nitrogens with zero attached hydrogens (tertiary/aromatic N) is 2. The van der Waals surface area contributed by atoms with Crippen molar-refractivity contribution >= 4 is 30.1 Å². The number of likely N-dealkylation sites (tertiary alicyclic amines) is 1. The largest absolute Gasteiger partial charge is 0.454 e. The quantitative estimate of drug-likeness (QED) is 0.252. The summed E-state index contributed by atoms with van der Waals surface area (Å²) in [4.78, 5) is 31.2. The molecule has 3 saturated heterocycles. The average Bonchev–Trinajstić information content (AvgIpc) is 3.62. The van der Waals surface area contributed by atoms with E-state index in [-0.39, 0.29) is 55.5 Å². The molecule has 4 aliphatic heterocycles. The van der Waals surface area contributed by atoms with E-state index in [0.29, 0.717) is 30.0 Å². The predicted octanol–water partition coefficient (Wildman–Crippen LogP) is 2.04. The molecule has 4 atom stereocenters. The lowest BCUT2D eigenvalue weighted by Gasteiger charge is -2.31. The Balaban J connectivity index is 0.00000280. The van der Waals surface area contributed by atoms with Crippen molar-refractivity contribution in [2.75, 3.05) is 27.6 Å². The summed E-state index contributed by atoms with van der Waals surface area (Å²) in [5.41, 5.74) is 7.94. The van der Waals surface area contributed by atoms with Crippen molar-refractivity contribution in [3.8, 4) is 11.5 Å². The number of carbonyl (C=O) groups is 2. The molecule has 0 bridgehead atoms. The van der Waals surface area contributed by atoms with E-state index in [2.05, 4.69) is 4.90 Å². The Morgan fingerprint density at radius 3 is 2.41 bits per heavy atom. The molecule has 6 rings (SSSR count). The van der Waals surface area contributed by atoms with Crippen LogP contribution in [-0.4, -0.2) is 66.8 Å². The van der Waals surface area contributed by atoms with Gasteiger partial charge in [0.1, 0.15) is 5.84 Å². The number of amides is 2. The fourth-order valence-electron chi connectivity index (χ4n) is 6.27. The molecule has 4 aliphatic rings. The number of halogens is 1. The molecule has 0 aliphatic carbocycles. The second-order valence-electron chi connectivity index (χ2n) is 9.75. The van der Waals surface area contributed by atoms with Crippen LogP contribution in [-0.2, 0) is 25.6 Å². The average molecular weight is 529 g/mol. The van der Waals surface area contributed by atoms with Gasteiger partial charge in [-0.1, -0.05) is 30.3 Å². The van der Waals surface area contributed by atoms with E-state index in [1.165, 1.54) is 4.90 Å². The summed E-state index contributed by atoms with van der Waals surface area (Å²) in [6.45, 7) is 0.774. The molecule has 0 unspecified atom stereocenters. The highest BCUT2D eigenvalue weighted by Crippen LogP contribution is 2.55. The first-order valence-electron chi connectivity index (χ1n) is 11.9. The summed E-state index contributed by atoms with van der Waals surface area (Å²) < 4.78 is 22.4. The summed E-state index contributed by atoms with van der Waals surface area (Å²) in [6, 6.07) is 12.3. The van der Waals surface area contributed by atoms with Gasteiger partial charge in [0, 0.05) is 38.3 Å². The highest BCUT2D eigenvalue weighted by Gasteiger charge is 2.66. The maximum absolute atomic E-state index is 13.8. The summed E-state index contributed by atoms with van der Waals surface area (Å²) in [6.07, 6.45) is 0.486. The number of hydrogen-bond acceptors (Lipinski definition) is 8. The lowest BCUT2D eigenvalue weighted by atomic mass is 9.84. The van der Waals surface area contributed by atoms with Crippen LogP contribution in [0.1, 0.15) is 29.2 Å². The number of ether oxygens (including phenoxy) is 4. The van der Waals surface area contributed by atoms with E-state index in [4.69, 9.17) is 30.1 Å². The minimum atomic E-state index is -0.846. The number of imide groups is 1. The molecule has 0 aromatic heterocycles. The number of methoxy groups -OCH3 is 2. The van der Waals surface area contributed by atoms with E-state index in [0.717, 1.165) is 11.1 Å². The van der Waals surface area contributed by atoms with Gasteiger partial charge in [-0.15, -0.1) is 12.4 Å². The van der Waals surface area contributed by atoms with E-state index >= 15 is 0 Å². The van der Waals surface area contributed by atoms with E-state index < -0.39 is 17.6 Å². The third kappa shape index (κ3) is 3.86. The van der Waals surface area contributed by atoms with Crippen molar-refractivity contribution in [2.45, 2.75) is 30.8 Å². The van der Waals surface area contributed by atoms with Crippen LogP contribution in [0.2, 0.25) is 0 Å². The number of nitrogens with one attached hydrogen (secondary N) is 1. The van der Waals surface area contributed by atoms with Gasteiger partial charge in [-0.2, -0.15) is 0 Å². The second kappa shape index (κ2) is 9.29. The minimum absolute atomic E-state index is 0. The number of hydrogen-bond donors (Lipinski definition) is 2. The maximum atomic E-state index is 13.8. The fourth-order valence-corrected chi connectivity index (χ4v) is 6.27. The van der Waals surface area contributed by atoms with Crippen LogP contribution in [0.3, 0.4) is 0 Å². The third-order valence-corrected chi connectivity index (χ3v) is 8.06. The molecule has 196 valence electrons. The van der Waals surface area contributed by atoms with Gasteiger partial charge in [-0.3, -0.25) is 24.8 Å². The Morgan fingerprint density at radius 2 is 1.73 bits per heavy atom. The molecule has 3 fully saturated rings. The molecule has 2 aromatic carbocycles. The monoisotopic (exact) mass is 528 g/mol. The first kappa shape index (κ1) is 25.5. The summed E-state index contributed by atoms with van der Waals surface area (Å²) >= 11 is 0. The van der Waals surface area contributed by atoms with Crippen molar-refractivity contribution in [2.24, 2.45) is 17.6 Å². The number of carbonyl (C=O) groups excluding carboxylic acids is 2. The SMILES string of the molecule is COC1(OC)C[C@H]2[C@@H]3C(=O)N(Cc4ccc5c(c4)OCO5)C(=O)[C@@H]3[C@H](c3ccc(C(=N)N)cc3)N2C1.Cl. The Hall–Kier alpha value is -3.18. The van der Waals surface area contributed by atoms with Crippen LogP contribution in [0, 0.1) is 17.2 Å². The maximum Gasteiger partial charge on any atom is 0.235 e. The van der Waals surface area contributed by atoms with Crippen LogP contribution in [0.15, 0.2) is 42.5 Å². The number of fused-ring (bicyclic) bond motifs is 4. The Labute approximate surface area is 220 Å². The predicted molar refractivity (Wildman–Crippen MR) is 134 cm³/mol. The highest BCUT2D eigenvalue weighted by atomic mass is 35.5. The number of nitrogens with two attached hydrogens (primary N) is 1. The first-order chi connectivity index (χ1) is 17.4. The van der Waals surface area contributed by atoms with Crippen molar-refractivity contribution < 1.29 is 28.5 Å². The van der Waals surface area contributed by atoms with Crippen LogP contribution < -0.4 is 15.2 Å². The third-order valence-electron chi connectivity index (χ3n) is 8.06. The lowest BCUT2D eigenvalue weighted by molar-refractivity contribution is -0.198. The zero-order valence-corrected chi connectivity index (χ0v) is 21.3. The second-order valence-corrected chi connectivity index (χ2v) is 9.75. The van der Waals surface area contributed by atoms with Crippen LogP contribution >= 0.6 is 12.4 Å². The van der Waals surface area contributed by atoms with Crippen LogP contribution in [0.5, 0.6) is 11.5 Å². The number of rotatable bonds is 6. The molecule has 37 heavy (non-hydrogen) atoms. The summed E-state index contributed by atoms with van der Waals surface area (Å²) in [5.74, 6) is -0.988. The molecule has 4 heterocycles. The van der Waals surface area contributed by atoms with Gasteiger partial charge >= 0.3 is 0 Å². The smallest absolute Gasteiger partial charge is 0.235 e. The highest BCUT2D eigenvalue weighted by molar-refractivity contribution is 6.06. The Kier molecular flexibility index (Phi) is 6.39. The van der Waals surface area contributed by atoms with Crippen molar-refractivity contribution in [3.63, 3.8) is 0 Å². The van der Waals surface area contributed by atoms with Crippen molar-refractivity contribution in [1.29, 1.82) is 5.41 Å². The zero-order chi connectivity index (χ0) is 25.2. The van der Waals surface area contributed by atoms with Gasteiger partial charge in [0.05, 0.1) is 24.9 Å². The molecule has 3 N–H and O–H groups in total. The van der Waals surface area contributed by atoms with Gasteiger partial charge in [-0.05, 0) is 23.3 Å². The Bertz CT molecular complexity index is 1250. The van der Waals surface area contributed by atoms with Gasteiger partial charge in [0.25, 0.3) is 0 Å². The first-order valence-corrected chi connectivity index (χ1v) is 11.9. The van der Waals surface area contributed by atoms with E-state index in [9.17, 15) is 9.59 Å². The number of amidine groups is 1. The van der Waals surface area contributed by atoms with Crippen molar-refractivity contribution in [3.05, 3.63) is 59.2 Å². The van der Waals surface area contributed by atoms with Crippen molar-refractivity contribution in [1.82, 2.24) is 9.80 Å². The topological polar surface area (TPSA) is 127 Å². The zero-order valence-electron chi connectivity index (χ0n) is 20.5. The number of nitrogen functional groups attached to an aromatic ring is 1. The van der Waals surface area contributed by atoms with Gasteiger partial charge in [0.2, 0.25) is 18.6 Å². The molecule has 0 radical (unpaired) electrons. The van der Waals surface area contributed by atoms with Gasteiger partial charge in [-0.25, -0.2) is 0 Å². The molecule has 11 heteroatoms. The molecule has 10 nitrogen and oxygen atoms in total. The standard InChI is InChI=1S/C26H28N4O6.ClH/c1-33-26(34-2)10-17-20-21(22(30(17)12-26)15-4-6-16(7-5-15)23(27)28)25(32)29(24(20)31)11-14-3-8-18-19(9-14)36-13-35-18;/h3-9,17,20-22H,10-13H2,1-2H3,(H3,27,28);1H/t17-,20-,21-,22-;/m0./s1. The minimum Gasteiger partial charge on any atom is -0.454 e. The van der Waals surface area contributed by atoms with E-state index in [1.54, 1.807) is 32.4 Å². The fraction of sp³-hybridized carbons (Fsp3) is 0.423. The normalized spacial score (nSPS) is 27.2. The Morgan fingerprint density at radius 1 is 1.05 bits per heavy atom. The summed E-state index contributed by atoms with van der Waals surface area (Å²) in [7, 11) is 3.21. The molecular formula is C26H29ClN4O6. The molecular weight excluding hydrogens is 500 g/mol. The number of benzene rings is 2. The van der Waals surface area contributed by atoms with Crippen LogP contribution in [0.4, 0.5) is 0 Å². The molecule has 0 spiro atoms. The molecule has 2 aromatic rings. The molecule has 2 amide bonds. The van der Waals surface area contributed by atoms with Gasteiger partial charge < -0.3 is 24.7 Å². The van der Waals surface area contributed by atoms with E-state index in [1.807, 2.05) is 24.3 Å². The lowest BCUT2D eigenvalue weighted by Crippen LogP contribution is -2.40.